The van der Waals surface area contributed by atoms with Gasteiger partial charge in [0.15, 0.2) is 6.29 Å². The molecule has 0 rings (SSSR count). The molecule has 0 aromatic rings. The molecule has 0 aliphatic heterocycles. The Kier molecular flexibility index (Phi) is 24.3. The molecule has 0 bridgehead atoms. The lowest BCUT2D eigenvalue weighted by Gasteiger charge is -2.21. The second-order valence-corrected chi connectivity index (χ2v) is 9.85. The fraction of sp³-hybridized carbons (Fsp3) is 0.897. The molecule has 1 amide bonds. The predicted molar refractivity (Wildman–Crippen MR) is 144 cm³/mol. The highest BCUT2D eigenvalue weighted by Crippen LogP contribution is 2.18. The topological polar surface area (TPSA) is 72.9 Å². The number of rotatable bonds is 25. The molecule has 0 saturated heterocycles. The van der Waals surface area contributed by atoms with Crippen molar-refractivity contribution in [3.8, 4) is 0 Å². The number of carbonyl (C=O) groups is 3. The minimum absolute atomic E-state index is 0.102. The lowest BCUT2D eigenvalue weighted by molar-refractivity contribution is -0.145. The standard InChI is InChI=1S/C29H55NO5/c1-4-7-10-11-12-17-22-30(29(33)34-25-24-31)23-18-13-16-21-28(32)35-26-27(19-14-8-5-2)20-15-9-6-3/h24,27H,4-23,25-26H2,1-3H3. The van der Waals surface area contributed by atoms with Crippen LogP contribution < -0.4 is 0 Å². The molecule has 0 aromatic carbocycles. The number of amides is 1. The summed E-state index contributed by atoms with van der Waals surface area (Å²) in [6.07, 6.45) is 19.7. The van der Waals surface area contributed by atoms with Crippen LogP contribution in [0.2, 0.25) is 0 Å². The Hall–Kier alpha value is -1.59. The van der Waals surface area contributed by atoms with Crippen LogP contribution in [0.1, 0.15) is 136 Å². The van der Waals surface area contributed by atoms with Crippen LogP contribution in [0.4, 0.5) is 4.79 Å². The molecule has 0 aliphatic rings. The summed E-state index contributed by atoms with van der Waals surface area (Å²) in [6.45, 7) is 8.24. The summed E-state index contributed by atoms with van der Waals surface area (Å²) >= 11 is 0. The van der Waals surface area contributed by atoms with Gasteiger partial charge in [0, 0.05) is 19.5 Å². The molecule has 0 atom stereocenters. The number of unbranched alkanes of at least 4 members (excludes halogenated alkanes) is 11. The van der Waals surface area contributed by atoms with Crippen molar-refractivity contribution < 1.29 is 23.9 Å². The highest BCUT2D eigenvalue weighted by atomic mass is 16.6. The minimum Gasteiger partial charge on any atom is -0.465 e. The third-order valence-electron chi connectivity index (χ3n) is 6.54. The van der Waals surface area contributed by atoms with Crippen molar-refractivity contribution in [1.29, 1.82) is 0 Å². The largest absolute Gasteiger partial charge is 0.465 e. The number of esters is 1. The first-order valence-electron chi connectivity index (χ1n) is 14.6. The van der Waals surface area contributed by atoms with Crippen molar-refractivity contribution >= 4 is 18.3 Å². The molecule has 0 saturated carbocycles. The van der Waals surface area contributed by atoms with E-state index < -0.39 is 6.09 Å². The molecule has 0 spiro atoms. The third kappa shape index (κ3) is 21.4. The van der Waals surface area contributed by atoms with Crippen LogP contribution in [0.15, 0.2) is 0 Å². The molecular weight excluding hydrogens is 442 g/mol. The molecule has 35 heavy (non-hydrogen) atoms. The van der Waals surface area contributed by atoms with E-state index in [4.69, 9.17) is 9.47 Å². The average Bonchev–Trinajstić information content (AvgIpc) is 2.86. The maximum Gasteiger partial charge on any atom is 0.410 e. The average molecular weight is 498 g/mol. The van der Waals surface area contributed by atoms with Gasteiger partial charge in [0.2, 0.25) is 0 Å². The number of carbonyl (C=O) groups excluding carboxylic acids is 3. The van der Waals surface area contributed by atoms with Crippen LogP contribution in [-0.4, -0.2) is 49.6 Å². The first-order chi connectivity index (χ1) is 17.1. The maximum atomic E-state index is 12.2. The van der Waals surface area contributed by atoms with Crippen molar-refractivity contribution in [2.24, 2.45) is 5.92 Å². The monoisotopic (exact) mass is 497 g/mol. The van der Waals surface area contributed by atoms with E-state index in [2.05, 4.69) is 20.8 Å². The molecule has 0 aromatic heterocycles. The normalized spacial score (nSPS) is 11.0. The van der Waals surface area contributed by atoms with Crippen LogP contribution in [0.3, 0.4) is 0 Å². The summed E-state index contributed by atoms with van der Waals surface area (Å²) in [6, 6.07) is 0. The molecule has 6 heteroatoms. The number of hydrogen-bond donors (Lipinski definition) is 0. The molecule has 6 nitrogen and oxygen atoms in total. The molecular formula is C29H55NO5. The molecule has 0 fully saturated rings. The molecule has 0 aliphatic carbocycles. The van der Waals surface area contributed by atoms with Gasteiger partial charge in [0.05, 0.1) is 6.61 Å². The van der Waals surface area contributed by atoms with Crippen molar-refractivity contribution in [3.63, 3.8) is 0 Å². The second-order valence-electron chi connectivity index (χ2n) is 9.85. The Morgan fingerprint density at radius 1 is 0.686 bits per heavy atom. The Labute approximate surface area is 215 Å². The van der Waals surface area contributed by atoms with Crippen molar-refractivity contribution in [3.05, 3.63) is 0 Å². The second kappa shape index (κ2) is 25.5. The van der Waals surface area contributed by atoms with Gasteiger partial charge < -0.3 is 14.4 Å². The van der Waals surface area contributed by atoms with Gasteiger partial charge in [-0.3, -0.25) is 9.59 Å². The highest BCUT2D eigenvalue weighted by molar-refractivity contribution is 5.70. The molecule has 0 heterocycles. The van der Waals surface area contributed by atoms with Crippen LogP contribution in [0.25, 0.3) is 0 Å². The van der Waals surface area contributed by atoms with E-state index >= 15 is 0 Å². The van der Waals surface area contributed by atoms with Gasteiger partial charge in [0.1, 0.15) is 6.61 Å². The van der Waals surface area contributed by atoms with Crippen molar-refractivity contribution in [2.45, 2.75) is 136 Å². The summed E-state index contributed by atoms with van der Waals surface area (Å²) in [5.41, 5.74) is 0. The summed E-state index contributed by atoms with van der Waals surface area (Å²) in [4.78, 5) is 36.7. The minimum atomic E-state index is -0.415. The SMILES string of the molecule is CCCCCCCCN(CCCCCC(=O)OCC(CCCCC)CCCCC)C(=O)OCC=O. The van der Waals surface area contributed by atoms with Crippen LogP contribution in [-0.2, 0) is 19.1 Å². The Balaban J connectivity index is 4.20. The fourth-order valence-corrected chi connectivity index (χ4v) is 4.28. The predicted octanol–water partition coefficient (Wildman–Crippen LogP) is 7.86. The van der Waals surface area contributed by atoms with Gasteiger partial charge in [-0.15, -0.1) is 0 Å². The highest BCUT2D eigenvalue weighted by Gasteiger charge is 2.15. The number of hydrogen-bond acceptors (Lipinski definition) is 5. The summed E-state index contributed by atoms with van der Waals surface area (Å²) < 4.78 is 10.6. The number of nitrogens with zero attached hydrogens (tertiary/aromatic N) is 1. The van der Waals surface area contributed by atoms with E-state index in [1.54, 1.807) is 4.90 Å². The van der Waals surface area contributed by atoms with E-state index in [0.29, 0.717) is 38.3 Å². The van der Waals surface area contributed by atoms with Crippen LogP contribution in [0, 0.1) is 5.92 Å². The Bertz CT molecular complexity index is 501. The molecule has 206 valence electrons. The summed E-state index contributed by atoms with van der Waals surface area (Å²) in [5, 5.41) is 0. The zero-order valence-corrected chi connectivity index (χ0v) is 23.2. The zero-order chi connectivity index (χ0) is 26.0. The van der Waals surface area contributed by atoms with Gasteiger partial charge >= 0.3 is 12.1 Å². The van der Waals surface area contributed by atoms with Gasteiger partial charge in [-0.05, 0) is 38.0 Å². The molecule has 0 unspecified atom stereocenters. The smallest absolute Gasteiger partial charge is 0.410 e. The van der Waals surface area contributed by atoms with Crippen LogP contribution in [0.5, 0.6) is 0 Å². The first kappa shape index (κ1) is 33.4. The van der Waals surface area contributed by atoms with E-state index in [1.165, 1.54) is 64.2 Å². The van der Waals surface area contributed by atoms with Crippen LogP contribution >= 0.6 is 0 Å². The van der Waals surface area contributed by atoms with Gasteiger partial charge in [-0.2, -0.15) is 0 Å². The lowest BCUT2D eigenvalue weighted by Crippen LogP contribution is -2.34. The number of aldehydes is 1. The van der Waals surface area contributed by atoms with Gasteiger partial charge in [-0.25, -0.2) is 4.79 Å². The quantitative estimate of drug-likeness (QED) is 0.0729. The van der Waals surface area contributed by atoms with Gasteiger partial charge in [0.25, 0.3) is 0 Å². The zero-order valence-electron chi connectivity index (χ0n) is 23.2. The maximum absolute atomic E-state index is 12.2. The molecule has 0 N–H and O–H groups in total. The van der Waals surface area contributed by atoms with Crippen molar-refractivity contribution in [2.75, 3.05) is 26.3 Å². The first-order valence-corrected chi connectivity index (χ1v) is 14.6. The van der Waals surface area contributed by atoms with Gasteiger partial charge in [-0.1, -0.05) is 97.8 Å². The van der Waals surface area contributed by atoms with E-state index in [9.17, 15) is 14.4 Å². The van der Waals surface area contributed by atoms with E-state index in [1.807, 2.05) is 0 Å². The van der Waals surface area contributed by atoms with E-state index in [0.717, 1.165) is 44.9 Å². The number of ether oxygens (including phenoxy) is 2. The third-order valence-corrected chi connectivity index (χ3v) is 6.54. The van der Waals surface area contributed by atoms with Crippen molar-refractivity contribution in [1.82, 2.24) is 4.90 Å². The summed E-state index contributed by atoms with van der Waals surface area (Å²) in [5.74, 6) is 0.389. The summed E-state index contributed by atoms with van der Waals surface area (Å²) in [7, 11) is 0. The Morgan fingerprint density at radius 3 is 1.77 bits per heavy atom. The lowest BCUT2D eigenvalue weighted by atomic mass is 9.96. The fourth-order valence-electron chi connectivity index (χ4n) is 4.28. The molecule has 0 radical (unpaired) electrons. The van der Waals surface area contributed by atoms with E-state index in [-0.39, 0.29) is 12.6 Å². The Morgan fingerprint density at radius 2 is 1.20 bits per heavy atom.